The second-order valence-electron chi connectivity index (χ2n) is 13.3. The molecule has 2 N–H and O–H groups in total. The molecular formula is C33H44N4O7. The lowest BCUT2D eigenvalue weighted by molar-refractivity contribution is -0.140. The summed E-state index contributed by atoms with van der Waals surface area (Å²) >= 11 is 0. The summed E-state index contributed by atoms with van der Waals surface area (Å²) in [6, 6.07) is 6.03. The lowest BCUT2D eigenvalue weighted by Gasteiger charge is -2.29. The zero-order chi connectivity index (χ0) is 30.7. The molecule has 3 heterocycles. The predicted molar refractivity (Wildman–Crippen MR) is 159 cm³/mol. The van der Waals surface area contributed by atoms with Crippen LogP contribution in [0.25, 0.3) is 0 Å². The summed E-state index contributed by atoms with van der Waals surface area (Å²) in [4.78, 5) is 69.1. The maximum absolute atomic E-state index is 14.1. The quantitative estimate of drug-likeness (QED) is 0.494. The van der Waals surface area contributed by atoms with E-state index < -0.39 is 47.7 Å². The molecule has 4 amide bonds. The Balaban J connectivity index is 1.18. The zero-order valence-corrected chi connectivity index (χ0v) is 25.3. The summed E-state index contributed by atoms with van der Waals surface area (Å²) in [6.45, 7) is 0.899. The van der Waals surface area contributed by atoms with Gasteiger partial charge in [-0.25, -0.2) is 9.59 Å². The third-order valence-electron chi connectivity index (χ3n) is 10.1. The number of nitrogens with one attached hydrogen (secondary N) is 2. The first kappa shape index (κ1) is 30.4. The topological polar surface area (TPSA) is 134 Å². The van der Waals surface area contributed by atoms with Crippen molar-refractivity contribution in [2.75, 3.05) is 6.54 Å². The van der Waals surface area contributed by atoms with E-state index in [0.29, 0.717) is 25.9 Å². The van der Waals surface area contributed by atoms with Crippen molar-refractivity contribution in [3.63, 3.8) is 0 Å². The van der Waals surface area contributed by atoms with Gasteiger partial charge in [-0.05, 0) is 62.0 Å². The number of benzene rings is 1. The van der Waals surface area contributed by atoms with E-state index in [1.54, 1.807) is 4.90 Å². The minimum atomic E-state index is -0.936. The number of alkyl carbamates (subject to hydrolysis) is 1. The van der Waals surface area contributed by atoms with Gasteiger partial charge in [0.05, 0.1) is 12.1 Å². The van der Waals surface area contributed by atoms with E-state index in [9.17, 15) is 24.0 Å². The second kappa shape index (κ2) is 13.2. The molecule has 0 spiro atoms. The summed E-state index contributed by atoms with van der Waals surface area (Å²) in [7, 11) is 0. The molecule has 2 saturated carbocycles. The van der Waals surface area contributed by atoms with Crippen LogP contribution in [0.3, 0.4) is 0 Å². The molecule has 6 rings (SSSR count). The summed E-state index contributed by atoms with van der Waals surface area (Å²) < 4.78 is 11.5. The van der Waals surface area contributed by atoms with Gasteiger partial charge in [-0.15, -0.1) is 0 Å². The average Bonchev–Trinajstić information content (AvgIpc) is 3.45. The summed E-state index contributed by atoms with van der Waals surface area (Å²) in [5, 5.41) is 5.76. The first-order valence-corrected chi connectivity index (χ1v) is 16.4. The van der Waals surface area contributed by atoms with Crippen LogP contribution >= 0.6 is 0 Å². The Morgan fingerprint density at radius 2 is 1.55 bits per heavy atom. The van der Waals surface area contributed by atoms with Crippen LogP contribution in [0.15, 0.2) is 24.3 Å². The van der Waals surface area contributed by atoms with Gasteiger partial charge in [-0.3, -0.25) is 14.5 Å². The van der Waals surface area contributed by atoms with E-state index >= 15 is 0 Å². The molecule has 4 fully saturated rings. The van der Waals surface area contributed by atoms with Crippen LogP contribution in [0.4, 0.5) is 9.59 Å². The number of ether oxygens (including phenoxy) is 2. The van der Waals surface area contributed by atoms with Crippen molar-refractivity contribution in [1.82, 2.24) is 20.4 Å². The lowest BCUT2D eigenvalue weighted by Crippen LogP contribution is -2.55. The highest BCUT2D eigenvalue weighted by atomic mass is 16.6. The van der Waals surface area contributed by atoms with Gasteiger partial charge in [0.1, 0.15) is 30.6 Å². The molecule has 2 aliphatic carbocycles. The molecule has 0 unspecified atom stereocenters. The van der Waals surface area contributed by atoms with Gasteiger partial charge in [0.2, 0.25) is 11.8 Å². The number of hydrogen-bond donors (Lipinski definition) is 2. The van der Waals surface area contributed by atoms with E-state index in [1.807, 2.05) is 24.3 Å². The molecule has 0 aromatic heterocycles. The Morgan fingerprint density at radius 1 is 0.886 bits per heavy atom. The fraction of sp³-hybridized carbons (Fsp3) is 0.667. The molecule has 11 heteroatoms. The van der Waals surface area contributed by atoms with Crippen LogP contribution in [0.1, 0.15) is 94.6 Å². The van der Waals surface area contributed by atoms with E-state index in [0.717, 1.165) is 81.6 Å². The third kappa shape index (κ3) is 6.71. The van der Waals surface area contributed by atoms with Gasteiger partial charge in [0.25, 0.3) is 0 Å². The smallest absolute Gasteiger partial charge is 0.410 e. The van der Waals surface area contributed by atoms with Crippen molar-refractivity contribution >= 4 is 30.3 Å². The predicted octanol–water partition coefficient (Wildman–Crippen LogP) is 3.96. The van der Waals surface area contributed by atoms with Gasteiger partial charge < -0.3 is 29.8 Å². The molecule has 3 aliphatic heterocycles. The van der Waals surface area contributed by atoms with Gasteiger partial charge >= 0.3 is 12.2 Å². The highest BCUT2D eigenvalue weighted by Gasteiger charge is 2.56. The Bertz CT molecular complexity index is 1240. The monoisotopic (exact) mass is 608 g/mol. The SMILES string of the molecule is O=C[C@@]12C[C@H]1CCCCCCC[C@H](NC(=O)OC1CCCC1)C(=O)N1C[C@H](OC(=O)N3Cc4ccccc4C3)C[C@H]1C(=O)N2. The molecule has 1 aromatic carbocycles. The zero-order valence-electron chi connectivity index (χ0n) is 25.3. The highest BCUT2D eigenvalue weighted by Crippen LogP contribution is 2.46. The number of carbonyl (C=O) groups excluding carboxylic acids is 5. The van der Waals surface area contributed by atoms with E-state index in [-0.39, 0.29) is 25.0 Å². The van der Waals surface area contributed by atoms with Crippen molar-refractivity contribution in [1.29, 1.82) is 0 Å². The van der Waals surface area contributed by atoms with Gasteiger partial charge in [-0.1, -0.05) is 56.4 Å². The summed E-state index contributed by atoms with van der Waals surface area (Å²) in [5.74, 6) is -0.741. The van der Waals surface area contributed by atoms with Crippen LogP contribution < -0.4 is 10.6 Å². The Morgan fingerprint density at radius 3 is 2.25 bits per heavy atom. The van der Waals surface area contributed by atoms with Crippen LogP contribution in [0.5, 0.6) is 0 Å². The van der Waals surface area contributed by atoms with Crippen molar-refractivity contribution in [2.24, 2.45) is 5.92 Å². The Labute approximate surface area is 258 Å². The number of amides is 4. The number of aldehydes is 1. The molecule has 5 aliphatic rings. The van der Waals surface area contributed by atoms with E-state index in [2.05, 4.69) is 10.6 Å². The standard InChI is InChI=1S/C33H44N4O7/c38-21-33-17-24(33)12-4-2-1-3-5-15-27(34-31(41)43-25-13-8-9-14-25)30(40)37-20-26(16-28(37)29(39)35-33)44-32(42)36-18-22-10-6-7-11-23(22)19-36/h6-7,10-11,21,24-28H,1-5,8-9,12-20H2,(H,34,41)(H,35,39)/t24-,26-,27+,28+,33+/m1/s1. The van der Waals surface area contributed by atoms with Crippen LogP contribution in [0, 0.1) is 5.92 Å². The largest absolute Gasteiger partial charge is 0.446 e. The summed E-state index contributed by atoms with van der Waals surface area (Å²) in [5.41, 5.74) is 1.22. The molecule has 11 nitrogen and oxygen atoms in total. The minimum Gasteiger partial charge on any atom is -0.446 e. The molecule has 44 heavy (non-hydrogen) atoms. The van der Waals surface area contributed by atoms with Crippen molar-refractivity contribution in [3.8, 4) is 0 Å². The van der Waals surface area contributed by atoms with Crippen molar-refractivity contribution in [3.05, 3.63) is 35.4 Å². The molecular weight excluding hydrogens is 564 g/mol. The number of carbonyl (C=O) groups is 5. The molecule has 0 radical (unpaired) electrons. The fourth-order valence-corrected chi connectivity index (χ4v) is 7.46. The van der Waals surface area contributed by atoms with Crippen molar-refractivity contribution in [2.45, 2.75) is 126 Å². The van der Waals surface area contributed by atoms with Gasteiger partial charge in [0, 0.05) is 19.5 Å². The minimum absolute atomic E-state index is 0.0246. The number of rotatable bonds is 4. The lowest BCUT2D eigenvalue weighted by atomic mass is 10.0. The second-order valence-corrected chi connectivity index (χ2v) is 13.3. The first-order chi connectivity index (χ1) is 21.3. The molecule has 5 atom stereocenters. The Kier molecular flexibility index (Phi) is 9.09. The average molecular weight is 609 g/mol. The Hall–Kier alpha value is -3.63. The normalized spacial score (nSPS) is 31.1. The van der Waals surface area contributed by atoms with Crippen molar-refractivity contribution < 1.29 is 33.4 Å². The molecule has 238 valence electrons. The maximum Gasteiger partial charge on any atom is 0.410 e. The first-order valence-electron chi connectivity index (χ1n) is 16.4. The van der Waals surface area contributed by atoms with Gasteiger partial charge in [0.15, 0.2) is 0 Å². The van der Waals surface area contributed by atoms with Gasteiger partial charge in [-0.2, -0.15) is 0 Å². The number of fused-ring (bicyclic) bond motifs is 3. The number of nitrogens with zero attached hydrogens (tertiary/aromatic N) is 2. The molecule has 0 bridgehead atoms. The van der Waals surface area contributed by atoms with Crippen LogP contribution in [-0.2, 0) is 36.9 Å². The maximum atomic E-state index is 14.1. The van der Waals surface area contributed by atoms with E-state index in [4.69, 9.17) is 9.47 Å². The van der Waals surface area contributed by atoms with Crippen LogP contribution in [-0.4, -0.2) is 76.5 Å². The number of hydrogen-bond acceptors (Lipinski definition) is 7. The fourth-order valence-electron chi connectivity index (χ4n) is 7.46. The summed E-state index contributed by atoms with van der Waals surface area (Å²) in [6.07, 6.45) is 9.12. The van der Waals surface area contributed by atoms with Crippen LogP contribution in [0.2, 0.25) is 0 Å². The highest BCUT2D eigenvalue weighted by molar-refractivity contribution is 5.94. The third-order valence-corrected chi connectivity index (χ3v) is 10.1. The molecule has 2 saturated heterocycles. The van der Waals surface area contributed by atoms with E-state index in [1.165, 1.54) is 4.90 Å². The molecule has 1 aromatic rings.